The van der Waals surface area contributed by atoms with E-state index in [1.54, 1.807) is 0 Å². The van der Waals surface area contributed by atoms with Gasteiger partial charge in [0.2, 0.25) is 0 Å². The van der Waals surface area contributed by atoms with Gasteiger partial charge in [-0.3, -0.25) is 10.0 Å². The smallest absolute Gasteiger partial charge is 0.270 e. The van der Waals surface area contributed by atoms with Crippen molar-refractivity contribution in [3.8, 4) is 0 Å². The van der Waals surface area contributed by atoms with E-state index in [2.05, 4.69) is 5.32 Å². The van der Waals surface area contributed by atoms with Crippen molar-refractivity contribution in [3.63, 3.8) is 0 Å². The fourth-order valence-electron chi connectivity index (χ4n) is 5.18. The molecule has 3 aliphatic rings. The molecule has 2 aliphatic carbocycles. The molecule has 5 heteroatoms. The third-order valence-corrected chi connectivity index (χ3v) is 5.83. The summed E-state index contributed by atoms with van der Waals surface area (Å²) in [5, 5.41) is 24.0. The highest BCUT2D eigenvalue weighted by Gasteiger charge is 2.57. The Bertz CT molecular complexity index is 464. The van der Waals surface area contributed by atoms with Crippen LogP contribution in [0, 0.1) is 17.8 Å². The number of nitrogens with zero attached hydrogens (tertiary/aromatic N) is 1. The number of carbonyl (C=O) groups is 1. The number of carbonyl (C=O) groups excluding carboxylic acids is 1. The van der Waals surface area contributed by atoms with Crippen LogP contribution >= 0.6 is 0 Å². The molecule has 2 fully saturated rings. The monoisotopic (exact) mass is 294 g/mol. The van der Waals surface area contributed by atoms with Crippen LogP contribution in [0.25, 0.3) is 0 Å². The lowest BCUT2D eigenvalue weighted by Crippen LogP contribution is -2.61. The second-order valence-corrected chi connectivity index (χ2v) is 7.24. The number of aliphatic hydroxyl groups is 1. The van der Waals surface area contributed by atoms with Crippen molar-refractivity contribution >= 4 is 5.91 Å². The maximum Gasteiger partial charge on any atom is 0.270 e. The lowest BCUT2D eigenvalue weighted by Gasteiger charge is -2.49. The van der Waals surface area contributed by atoms with Crippen LogP contribution in [-0.2, 0) is 4.79 Å². The van der Waals surface area contributed by atoms with Crippen molar-refractivity contribution in [2.45, 2.75) is 51.1 Å². The van der Waals surface area contributed by atoms with Crippen molar-refractivity contribution in [1.29, 1.82) is 0 Å². The van der Waals surface area contributed by atoms with Gasteiger partial charge in [0.1, 0.15) is 0 Å². The summed E-state index contributed by atoms with van der Waals surface area (Å²) in [4.78, 5) is 12.0. The van der Waals surface area contributed by atoms with Crippen molar-refractivity contribution < 1.29 is 15.1 Å². The number of hydrogen-bond donors (Lipinski definition) is 3. The molecule has 5 nitrogen and oxygen atoms in total. The molecule has 118 valence electrons. The Labute approximate surface area is 126 Å². The van der Waals surface area contributed by atoms with Gasteiger partial charge >= 0.3 is 0 Å². The van der Waals surface area contributed by atoms with E-state index >= 15 is 0 Å². The van der Waals surface area contributed by atoms with E-state index in [4.69, 9.17) is 5.11 Å². The lowest BCUT2D eigenvalue weighted by molar-refractivity contribution is -0.203. The van der Waals surface area contributed by atoms with Gasteiger partial charge in [0.25, 0.3) is 5.91 Å². The zero-order chi connectivity index (χ0) is 15.2. The molecule has 0 saturated heterocycles. The van der Waals surface area contributed by atoms with E-state index in [0.29, 0.717) is 18.4 Å². The molecule has 2 saturated carbocycles. The van der Waals surface area contributed by atoms with Crippen LogP contribution in [0.3, 0.4) is 0 Å². The Morgan fingerprint density at radius 2 is 2.14 bits per heavy atom. The predicted octanol–water partition coefficient (Wildman–Crippen LogP) is 1.31. The molecule has 3 rings (SSSR count). The summed E-state index contributed by atoms with van der Waals surface area (Å²) in [6.45, 7) is 4.68. The largest absolute Gasteiger partial charge is 0.395 e. The zero-order valence-electron chi connectivity index (χ0n) is 12.9. The van der Waals surface area contributed by atoms with Crippen LogP contribution in [0.2, 0.25) is 0 Å². The highest BCUT2D eigenvalue weighted by Crippen LogP contribution is 2.55. The second-order valence-electron chi connectivity index (χ2n) is 7.24. The van der Waals surface area contributed by atoms with E-state index in [-0.39, 0.29) is 24.5 Å². The van der Waals surface area contributed by atoms with Gasteiger partial charge in [-0.15, -0.1) is 0 Å². The van der Waals surface area contributed by atoms with Crippen LogP contribution < -0.4 is 5.32 Å². The summed E-state index contributed by atoms with van der Waals surface area (Å²) in [5.41, 5.74) is 0.500. The zero-order valence-corrected chi connectivity index (χ0v) is 12.9. The lowest BCUT2D eigenvalue weighted by atomic mass is 9.68. The average molecular weight is 294 g/mol. The number of hydroxylamine groups is 2. The van der Waals surface area contributed by atoms with Crippen LogP contribution in [0.15, 0.2) is 11.6 Å². The molecule has 5 atom stereocenters. The van der Waals surface area contributed by atoms with E-state index in [1.165, 1.54) is 25.3 Å². The fourth-order valence-corrected chi connectivity index (χ4v) is 5.18. The molecular weight excluding hydrogens is 268 g/mol. The van der Waals surface area contributed by atoms with Gasteiger partial charge in [0, 0.05) is 24.6 Å². The van der Waals surface area contributed by atoms with Crippen LogP contribution in [-0.4, -0.2) is 46.0 Å². The van der Waals surface area contributed by atoms with E-state index in [0.717, 1.165) is 17.1 Å². The molecule has 21 heavy (non-hydrogen) atoms. The molecule has 3 N–H and O–H groups in total. The molecule has 1 heterocycles. The van der Waals surface area contributed by atoms with E-state index < -0.39 is 5.54 Å². The van der Waals surface area contributed by atoms with Crippen molar-refractivity contribution in [2.75, 3.05) is 13.2 Å². The Kier molecular flexibility index (Phi) is 3.84. The Morgan fingerprint density at radius 3 is 2.86 bits per heavy atom. The average Bonchev–Trinajstić information content (AvgIpc) is 3.03. The highest BCUT2D eigenvalue weighted by molar-refractivity contribution is 5.89. The maximum absolute atomic E-state index is 12.0. The Morgan fingerprint density at radius 1 is 1.43 bits per heavy atom. The van der Waals surface area contributed by atoms with Gasteiger partial charge in [-0.05, 0) is 51.4 Å². The number of fused-ring (bicyclic) bond motifs is 2. The fraction of sp³-hybridized carbons (Fsp3) is 0.812. The minimum absolute atomic E-state index is 0.123. The summed E-state index contributed by atoms with van der Waals surface area (Å²) in [5.74, 6) is 1.12. The Balaban J connectivity index is 1.89. The van der Waals surface area contributed by atoms with Gasteiger partial charge in [-0.1, -0.05) is 5.57 Å². The molecule has 0 radical (unpaired) electrons. The molecule has 0 aromatic carbocycles. The molecule has 0 aromatic rings. The van der Waals surface area contributed by atoms with Gasteiger partial charge in [0.05, 0.1) is 12.1 Å². The predicted molar refractivity (Wildman–Crippen MR) is 78.6 cm³/mol. The van der Waals surface area contributed by atoms with Crippen molar-refractivity contribution in [1.82, 2.24) is 10.4 Å². The second kappa shape index (κ2) is 5.38. The molecule has 0 aromatic heterocycles. The number of amides is 1. The number of hydrogen-bond acceptors (Lipinski definition) is 4. The topological polar surface area (TPSA) is 72.8 Å². The third kappa shape index (κ3) is 2.31. The van der Waals surface area contributed by atoms with E-state index in [9.17, 15) is 10.0 Å². The normalized spacial score (nSPS) is 42.6. The molecule has 1 amide bonds. The van der Waals surface area contributed by atoms with Crippen molar-refractivity contribution in [3.05, 3.63) is 11.6 Å². The third-order valence-electron chi connectivity index (χ3n) is 5.83. The van der Waals surface area contributed by atoms with E-state index in [1.807, 2.05) is 13.8 Å². The summed E-state index contributed by atoms with van der Waals surface area (Å²) in [6, 6.07) is 0.286. The minimum atomic E-state index is -0.539. The molecule has 2 bridgehead atoms. The molecule has 0 spiro atoms. The summed E-state index contributed by atoms with van der Waals surface area (Å²) in [6.07, 6.45) is 5.83. The molecule has 1 aliphatic heterocycles. The summed E-state index contributed by atoms with van der Waals surface area (Å²) >= 11 is 0. The minimum Gasteiger partial charge on any atom is -0.395 e. The van der Waals surface area contributed by atoms with Gasteiger partial charge in [-0.25, -0.2) is 5.06 Å². The molecular formula is C16H26N2O3. The first-order valence-corrected chi connectivity index (χ1v) is 8.02. The summed E-state index contributed by atoms with van der Waals surface area (Å²) in [7, 11) is 0. The van der Waals surface area contributed by atoms with Crippen LogP contribution in [0.1, 0.15) is 39.5 Å². The first kappa shape index (κ1) is 15.0. The van der Waals surface area contributed by atoms with Gasteiger partial charge in [-0.2, -0.15) is 0 Å². The first-order valence-electron chi connectivity index (χ1n) is 8.02. The van der Waals surface area contributed by atoms with Crippen LogP contribution in [0.5, 0.6) is 0 Å². The number of aliphatic hydroxyl groups excluding tert-OH is 1. The van der Waals surface area contributed by atoms with Crippen molar-refractivity contribution in [2.24, 2.45) is 17.8 Å². The SMILES string of the molecule is CC1=CC(=O)N(O)C(C)([C@@H]2C(NCCO)[C@H]3CC[C@@H]2C3)C1. The summed E-state index contributed by atoms with van der Waals surface area (Å²) < 4.78 is 0. The first-order chi connectivity index (χ1) is 9.97. The quantitative estimate of drug-likeness (QED) is 0.684. The number of rotatable bonds is 4. The Hall–Kier alpha value is -0.910. The van der Waals surface area contributed by atoms with Crippen LogP contribution in [0.4, 0.5) is 0 Å². The van der Waals surface area contributed by atoms with Gasteiger partial charge < -0.3 is 10.4 Å². The highest BCUT2D eigenvalue weighted by atomic mass is 16.5. The molecule has 2 unspecified atom stereocenters. The van der Waals surface area contributed by atoms with Gasteiger partial charge in [0.15, 0.2) is 0 Å². The number of nitrogens with one attached hydrogen (secondary N) is 1. The standard InChI is InChI=1S/C16H26N2O3/c1-10-7-13(20)18(21)16(2,9-10)14-11-3-4-12(8-11)15(14)17-5-6-19/h7,11-12,14-15,17,19,21H,3-6,8-9H2,1-2H3/t11-,12+,14+,15?,16?/m1/s1. The maximum atomic E-state index is 12.0.